The van der Waals surface area contributed by atoms with Crippen LogP contribution in [-0.4, -0.2) is 34.3 Å². The quantitative estimate of drug-likeness (QED) is 0.755. The molecule has 0 aliphatic carbocycles. The second kappa shape index (κ2) is 8.39. The van der Waals surface area contributed by atoms with Gasteiger partial charge in [0.05, 0.1) is 17.7 Å². The Bertz CT molecular complexity index is 688. The first-order valence-electron chi connectivity index (χ1n) is 9.32. The number of ether oxygens (including phenoxy) is 1. The summed E-state index contributed by atoms with van der Waals surface area (Å²) in [6, 6.07) is 6.86. The van der Waals surface area contributed by atoms with E-state index in [0.717, 1.165) is 24.2 Å². The molecule has 142 valence electrons. The largest absolute Gasteiger partial charge is 0.503 e. The highest BCUT2D eigenvalue weighted by atomic mass is 16.5. The fraction of sp³-hybridized carbons (Fsp3) is 0.524. The van der Waals surface area contributed by atoms with Crippen LogP contribution in [0.3, 0.4) is 0 Å². The highest BCUT2D eigenvalue weighted by Crippen LogP contribution is 2.39. The molecule has 1 N–H and O–H groups in total. The van der Waals surface area contributed by atoms with Crippen molar-refractivity contribution in [3.63, 3.8) is 0 Å². The van der Waals surface area contributed by atoms with E-state index >= 15 is 0 Å². The summed E-state index contributed by atoms with van der Waals surface area (Å²) >= 11 is 0. The van der Waals surface area contributed by atoms with Crippen molar-refractivity contribution in [3.8, 4) is 5.75 Å². The van der Waals surface area contributed by atoms with E-state index < -0.39 is 17.7 Å². The van der Waals surface area contributed by atoms with Crippen LogP contribution < -0.4 is 4.74 Å². The molecule has 2 rings (SSSR count). The summed E-state index contributed by atoms with van der Waals surface area (Å²) in [6.07, 6.45) is 1.80. The number of unbranched alkanes of at least 4 members (excludes halogenated alkanes) is 1. The maximum Gasteiger partial charge on any atom is 0.290 e. The van der Waals surface area contributed by atoms with Gasteiger partial charge in [-0.15, -0.1) is 0 Å². The number of hydrogen-bond acceptors (Lipinski definition) is 4. The number of aliphatic hydroxyl groups is 1. The summed E-state index contributed by atoms with van der Waals surface area (Å²) in [5.74, 6) is -0.625. The van der Waals surface area contributed by atoms with Gasteiger partial charge in [-0.05, 0) is 38.0 Å². The SMILES string of the molecule is CCCCN1C(=O)C(O)=C(C(=O)C(C)C)C1c1ccc(OC(C)C)cc1. The highest BCUT2D eigenvalue weighted by molar-refractivity contribution is 6.09. The van der Waals surface area contributed by atoms with E-state index in [1.54, 1.807) is 18.7 Å². The molecule has 1 aromatic carbocycles. The van der Waals surface area contributed by atoms with Gasteiger partial charge in [0.1, 0.15) is 5.75 Å². The molecule has 0 radical (unpaired) electrons. The van der Waals surface area contributed by atoms with Crippen molar-refractivity contribution in [1.82, 2.24) is 4.90 Å². The molecule has 1 amide bonds. The molecule has 0 saturated carbocycles. The van der Waals surface area contributed by atoms with Crippen LogP contribution in [0.4, 0.5) is 0 Å². The average Bonchev–Trinajstić information content (AvgIpc) is 2.83. The normalized spacial score (nSPS) is 17.6. The molecule has 26 heavy (non-hydrogen) atoms. The van der Waals surface area contributed by atoms with Gasteiger partial charge in [0.2, 0.25) is 0 Å². The van der Waals surface area contributed by atoms with E-state index in [4.69, 9.17) is 4.74 Å². The Kier molecular flexibility index (Phi) is 6.46. The van der Waals surface area contributed by atoms with Gasteiger partial charge in [-0.25, -0.2) is 0 Å². The molecule has 1 aromatic rings. The molecule has 0 fully saturated rings. The van der Waals surface area contributed by atoms with E-state index in [-0.39, 0.29) is 23.4 Å². The minimum absolute atomic E-state index is 0.0666. The second-order valence-corrected chi connectivity index (χ2v) is 7.27. The minimum Gasteiger partial charge on any atom is -0.503 e. The van der Waals surface area contributed by atoms with Crippen molar-refractivity contribution in [1.29, 1.82) is 0 Å². The van der Waals surface area contributed by atoms with Crippen LogP contribution in [0.25, 0.3) is 0 Å². The minimum atomic E-state index is -0.544. The zero-order valence-corrected chi connectivity index (χ0v) is 16.3. The van der Waals surface area contributed by atoms with Crippen LogP contribution in [0.15, 0.2) is 35.6 Å². The third kappa shape index (κ3) is 4.09. The average molecular weight is 359 g/mol. The Morgan fingerprint density at radius 1 is 1.19 bits per heavy atom. The van der Waals surface area contributed by atoms with Gasteiger partial charge in [0.25, 0.3) is 5.91 Å². The van der Waals surface area contributed by atoms with E-state index in [1.165, 1.54) is 0 Å². The highest BCUT2D eigenvalue weighted by Gasteiger charge is 2.43. The van der Waals surface area contributed by atoms with Crippen LogP contribution in [0.2, 0.25) is 0 Å². The number of carbonyl (C=O) groups is 2. The van der Waals surface area contributed by atoms with Crippen LogP contribution in [-0.2, 0) is 9.59 Å². The van der Waals surface area contributed by atoms with Gasteiger partial charge >= 0.3 is 0 Å². The standard InChI is InChI=1S/C21H29NO4/c1-6-7-12-22-18(15-8-10-16(11-9-15)26-14(4)5)17(19(23)13(2)3)20(24)21(22)25/h8-11,13-14,18,24H,6-7,12H2,1-5H3. The second-order valence-electron chi connectivity index (χ2n) is 7.27. The van der Waals surface area contributed by atoms with Crippen molar-refractivity contribution < 1.29 is 19.4 Å². The molecule has 5 heteroatoms. The van der Waals surface area contributed by atoms with E-state index in [9.17, 15) is 14.7 Å². The lowest BCUT2D eigenvalue weighted by Crippen LogP contribution is -2.32. The summed E-state index contributed by atoms with van der Waals surface area (Å²) < 4.78 is 5.67. The Hall–Kier alpha value is -2.30. The number of hydrogen-bond donors (Lipinski definition) is 1. The molecule has 1 heterocycles. The van der Waals surface area contributed by atoms with Gasteiger partial charge in [0, 0.05) is 12.5 Å². The Morgan fingerprint density at radius 2 is 1.81 bits per heavy atom. The number of rotatable bonds is 8. The number of nitrogens with zero attached hydrogens (tertiary/aromatic N) is 1. The summed E-state index contributed by atoms with van der Waals surface area (Å²) in [6.45, 7) is 10.0. The maximum absolute atomic E-state index is 12.7. The van der Waals surface area contributed by atoms with E-state index in [1.807, 2.05) is 45.0 Å². The first-order chi connectivity index (χ1) is 12.3. The molecule has 5 nitrogen and oxygen atoms in total. The fourth-order valence-electron chi connectivity index (χ4n) is 3.12. The summed E-state index contributed by atoms with van der Waals surface area (Å²) in [4.78, 5) is 26.9. The number of ketones is 1. The number of Topliss-reactive ketones (excluding diaryl/α,β-unsaturated/α-hetero) is 1. The van der Waals surface area contributed by atoms with Crippen LogP contribution >= 0.6 is 0 Å². The predicted octanol–water partition coefficient (Wildman–Crippen LogP) is 4.19. The van der Waals surface area contributed by atoms with E-state index in [2.05, 4.69) is 0 Å². The molecule has 1 aliphatic rings. The van der Waals surface area contributed by atoms with Crippen LogP contribution in [0, 0.1) is 5.92 Å². The number of benzene rings is 1. The zero-order chi connectivity index (χ0) is 19.4. The lowest BCUT2D eigenvalue weighted by atomic mass is 9.91. The van der Waals surface area contributed by atoms with Gasteiger partial charge in [-0.2, -0.15) is 0 Å². The van der Waals surface area contributed by atoms with Crippen LogP contribution in [0.5, 0.6) is 5.75 Å². The molecule has 0 bridgehead atoms. The van der Waals surface area contributed by atoms with Crippen molar-refractivity contribution in [2.45, 2.75) is 59.6 Å². The predicted molar refractivity (Wildman–Crippen MR) is 101 cm³/mol. The van der Waals surface area contributed by atoms with E-state index in [0.29, 0.717) is 6.54 Å². The number of carbonyl (C=O) groups excluding carboxylic acids is 2. The number of amides is 1. The summed E-state index contributed by atoms with van der Waals surface area (Å²) in [7, 11) is 0. The van der Waals surface area contributed by atoms with Crippen molar-refractivity contribution in [2.24, 2.45) is 5.92 Å². The first-order valence-corrected chi connectivity index (χ1v) is 9.32. The lowest BCUT2D eigenvalue weighted by molar-refractivity contribution is -0.129. The molecule has 1 atom stereocenters. The molecule has 0 spiro atoms. The summed E-state index contributed by atoms with van der Waals surface area (Å²) in [5, 5.41) is 10.4. The van der Waals surface area contributed by atoms with Crippen molar-refractivity contribution in [2.75, 3.05) is 6.54 Å². The zero-order valence-electron chi connectivity index (χ0n) is 16.3. The van der Waals surface area contributed by atoms with Gasteiger partial charge in [0.15, 0.2) is 11.5 Å². The molecule has 1 unspecified atom stereocenters. The first kappa shape index (κ1) is 20.0. The molecular weight excluding hydrogens is 330 g/mol. The lowest BCUT2D eigenvalue weighted by Gasteiger charge is -2.27. The van der Waals surface area contributed by atoms with Crippen LogP contribution in [0.1, 0.15) is 59.1 Å². The monoisotopic (exact) mass is 359 g/mol. The summed E-state index contributed by atoms with van der Waals surface area (Å²) in [5.41, 5.74) is 1.01. The fourth-order valence-corrected chi connectivity index (χ4v) is 3.12. The maximum atomic E-state index is 12.7. The number of aliphatic hydroxyl groups excluding tert-OH is 1. The Morgan fingerprint density at radius 3 is 2.31 bits per heavy atom. The Labute approximate surface area is 155 Å². The molecule has 0 aromatic heterocycles. The third-order valence-electron chi connectivity index (χ3n) is 4.41. The van der Waals surface area contributed by atoms with Crippen molar-refractivity contribution in [3.05, 3.63) is 41.2 Å². The third-order valence-corrected chi connectivity index (χ3v) is 4.41. The molecular formula is C21H29NO4. The molecule has 1 aliphatic heterocycles. The topological polar surface area (TPSA) is 66.8 Å². The molecule has 0 saturated heterocycles. The Balaban J connectivity index is 2.43. The smallest absolute Gasteiger partial charge is 0.290 e. The van der Waals surface area contributed by atoms with Crippen molar-refractivity contribution >= 4 is 11.7 Å². The van der Waals surface area contributed by atoms with Gasteiger partial charge in [-0.1, -0.05) is 39.3 Å². The van der Waals surface area contributed by atoms with Gasteiger partial charge < -0.3 is 14.7 Å². The van der Waals surface area contributed by atoms with Gasteiger partial charge in [-0.3, -0.25) is 9.59 Å².